The van der Waals surface area contributed by atoms with E-state index in [0.717, 1.165) is 29.9 Å². The maximum Gasteiger partial charge on any atom is 0.335 e. The third-order valence-corrected chi connectivity index (χ3v) is 5.25. The van der Waals surface area contributed by atoms with Gasteiger partial charge >= 0.3 is 23.9 Å². The van der Waals surface area contributed by atoms with E-state index in [2.05, 4.69) is 38.2 Å². The van der Waals surface area contributed by atoms with E-state index < -0.39 is 23.9 Å². The van der Waals surface area contributed by atoms with Crippen LogP contribution in [0.25, 0.3) is 17.2 Å². The molecule has 0 saturated heterocycles. The molecular weight excluding hydrogens is 536 g/mol. The fourth-order valence-electron chi connectivity index (χ4n) is 3.26. The standard InChI is InChI=1S/C34H24O8/c1-5-31(35)39-20-19-24-11-9-23(10-12-24)13-14-26-21-30(42-34(38)8-4)28(22-29(26)41-33(37)7-3)25-15-17-27(18-16-25)40-32(36)6-2/h5-12,15-22H,1-4H2/b20-19+. The largest absolute Gasteiger partial charge is 0.431 e. The first-order valence-corrected chi connectivity index (χ1v) is 12.2. The third-order valence-electron chi connectivity index (χ3n) is 5.25. The monoisotopic (exact) mass is 560 g/mol. The summed E-state index contributed by atoms with van der Waals surface area (Å²) in [6.07, 6.45) is 6.95. The molecule has 0 heterocycles. The van der Waals surface area contributed by atoms with E-state index in [0.29, 0.717) is 16.7 Å². The van der Waals surface area contributed by atoms with E-state index in [1.165, 1.54) is 18.4 Å². The molecule has 0 aromatic heterocycles. The molecule has 0 atom stereocenters. The van der Waals surface area contributed by atoms with Crippen molar-refractivity contribution in [3.63, 3.8) is 0 Å². The van der Waals surface area contributed by atoms with Crippen LogP contribution in [0.1, 0.15) is 16.7 Å². The molecule has 0 radical (unpaired) electrons. The van der Waals surface area contributed by atoms with Gasteiger partial charge in [-0.15, -0.1) is 0 Å². The van der Waals surface area contributed by atoms with Gasteiger partial charge in [-0.2, -0.15) is 0 Å². The van der Waals surface area contributed by atoms with E-state index in [4.69, 9.17) is 18.9 Å². The fourth-order valence-corrected chi connectivity index (χ4v) is 3.26. The average molecular weight is 561 g/mol. The van der Waals surface area contributed by atoms with Crippen LogP contribution in [-0.4, -0.2) is 23.9 Å². The van der Waals surface area contributed by atoms with Crippen molar-refractivity contribution < 1.29 is 38.1 Å². The lowest BCUT2D eigenvalue weighted by molar-refractivity contribution is -0.132. The summed E-state index contributed by atoms with van der Waals surface area (Å²) in [5.41, 5.74) is 2.56. The molecule has 0 amide bonds. The predicted molar refractivity (Wildman–Crippen MR) is 157 cm³/mol. The maximum atomic E-state index is 12.2. The Morgan fingerprint density at radius 2 is 1.19 bits per heavy atom. The minimum absolute atomic E-state index is 0.0894. The Kier molecular flexibility index (Phi) is 10.7. The molecule has 42 heavy (non-hydrogen) atoms. The highest BCUT2D eigenvalue weighted by molar-refractivity contribution is 5.88. The summed E-state index contributed by atoms with van der Waals surface area (Å²) in [6.45, 7) is 13.6. The van der Waals surface area contributed by atoms with Gasteiger partial charge in [0.15, 0.2) is 0 Å². The highest BCUT2D eigenvalue weighted by Gasteiger charge is 2.17. The third kappa shape index (κ3) is 8.66. The van der Waals surface area contributed by atoms with Crippen LogP contribution in [0.15, 0.2) is 118 Å². The Morgan fingerprint density at radius 3 is 1.79 bits per heavy atom. The number of carbonyl (C=O) groups excluding carboxylic acids is 4. The molecule has 3 rings (SSSR count). The van der Waals surface area contributed by atoms with Gasteiger partial charge in [0.25, 0.3) is 0 Å². The molecule has 0 fully saturated rings. The first-order chi connectivity index (χ1) is 20.3. The van der Waals surface area contributed by atoms with Gasteiger partial charge < -0.3 is 18.9 Å². The van der Waals surface area contributed by atoms with Crippen molar-refractivity contribution in [3.8, 4) is 40.2 Å². The molecule has 8 heteroatoms. The first kappa shape index (κ1) is 30.3. The number of rotatable bonds is 10. The lowest BCUT2D eigenvalue weighted by Crippen LogP contribution is -2.08. The van der Waals surface area contributed by atoms with E-state index in [1.54, 1.807) is 54.6 Å². The molecule has 0 aliphatic carbocycles. The van der Waals surface area contributed by atoms with Crippen LogP contribution in [0, 0.1) is 11.8 Å². The van der Waals surface area contributed by atoms with Gasteiger partial charge in [0.1, 0.15) is 17.2 Å². The van der Waals surface area contributed by atoms with Gasteiger partial charge in [-0.3, -0.25) is 0 Å². The summed E-state index contributed by atoms with van der Waals surface area (Å²) >= 11 is 0. The molecule has 3 aromatic rings. The minimum Gasteiger partial charge on any atom is -0.431 e. The van der Waals surface area contributed by atoms with E-state index in [1.807, 2.05) is 0 Å². The summed E-state index contributed by atoms with van der Waals surface area (Å²) in [5.74, 6) is 3.78. The molecule has 208 valence electrons. The van der Waals surface area contributed by atoms with Gasteiger partial charge in [-0.05, 0) is 47.5 Å². The maximum absolute atomic E-state index is 12.2. The predicted octanol–water partition coefficient (Wildman–Crippen LogP) is 5.73. The molecular formula is C34H24O8. The number of carbonyl (C=O) groups is 4. The number of esters is 4. The molecule has 8 nitrogen and oxygen atoms in total. The lowest BCUT2D eigenvalue weighted by Gasteiger charge is -2.14. The second kappa shape index (κ2) is 14.8. The van der Waals surface area contributed by atoms with E-state index in [9.17, 15) is 19.2 Å². The molecule has 0 aliphatic heterocycles. The Hall–Kier alpha value is -6.20. The first-order valence-electron chi connectivity index (χ1n) is 12.2. The van der Waals surface area contributed by atoms with Crippen molar-refractivity contribution >= 4 is 30.0 Å². The van der Waals surface area contributed by atoms with Crippen molar-refractivity contribution in [1.82, 2.24) is 0 Å². The molecule has 0 aliphatic rings. The van der Waals surface area contributed by atoms with Gasteiger partial charge in [0, 0.05) is 41.5 Å². The highest BCUT2D eigenvalue weighted by Crippen LogP contribution is 2.37. The Labute approximate surface area is 242 Å². The number of hydrogen-bond donors (Lipinski definition) is 0. The van der Waals surface area contributed by atoms with Crippen LogP contribution in [-0.2, 0) is 23.9 Å². The molecule has 3 aromatic carbocycles. The normalized spacial score (nSPS) is 9.90. The summed E-state index contributed by atoms with van der Waals surface area (Å²) in [7, 11) is 0. The van der Waals surface area contributed by atoms with E-state index >= 15 is 0 Å². The summed E-state index contributed by atoms with van der Waals surface area (Å²) in [6, 6.07) is 16.3. The zero-order valence-electron chi connectivity index (χ0n) is 22.3. The Balaban J connectivity index is 2.03. The highest BCUT2D eigenvalue weighted by atomic mass is 16.5. The molecule has 0 saturated carbocycles. The van der Waals surface area contributed by atoms with Crippen molar-refractivity contribution in [2.75, 3.05) is 0 Å². The van der Waals surface area contributed by atoms with Crippen LogP contribution in [0.2, 0.25) is 0 Å². The SMILES string of the molecule is C=CC(=O)O/C=C/c1ccc(C#Cc2cc(OC(=O)C=C)c(-c3ccc(OC(=O)C=C)cc3)cc2OC(=O)C=C)cc1. The van der Waals surface area contributed by atoms with Crippen LogP contribution in [0.4, 0.5) is 0 Å². The number of ether oxygens (including phenoxy) is 4. The van der Waals surface area contributed by atoms with Gasteiger partial charge in [-0.25, -0.2) is 19.2 Å². The second-order valence-corrected chi connectivity index (χ2v) is 8.06. The molecule has 0 bridgehead atoms. The summed E-state index contributed by atoms with van der Waals surface area (Å²) in [4.78, 5) is 47.0. The van der Waals surface area contributed by atoms with Crippen LogP contribution in [0.5, 0.6) is 17.2 Å². The Morgan fingerprint density at radius 1 is 0.619 bits per heavy atom. The summed E-state index contributed by atoms with van der Waals surface area (Å²) < 4.78 is 20.9. The van der Waals surface area contributed by atoms with Gasteiger partial charge in [0.05, 0.1) is 11.8 Å². The van der Waals surface area contributed by atoms with E-state index in [-0.39, 0.29) is 22.8 Å². The number of hydrogen-bond acceptors (Lipinski definition) is 8. The van der Waals surface area contributed by atoms with Crippen molar-refractivity contribution in [3.05, 3.63) is 134 Å². The summed E-state index contributed by atoms with van der Waals surface area (Å²) in [5, 5.41) is 0. The zero-order valence-corrected chi connectivity index (χ0v) is 22.3. The van der Waals surface area contributed by atoms with Crippen molar-refractivity contribution in [1.29, 1.82) is 0 Å². The van der Waals surface area contributed by atoms with Crippen molar-refractivity contribution in [2.24, 2.45) is 0 Å². The molecule has 0 spiro atoms. The topological polar surface area (TPSA) is 105 Å². The average Bonchev–Trinajstić information content (AvgIpc) is 3.01. The van der Waals surface area contributed by atoms with Crippen LogP contribution in [0.3, 0.4) is 0 Å². The molecule has 0 unspecified atom stereocenters. The molecule has 0 N–H and O–H groups in total. The minimum atomic E-state index is -0.722. The van der Waals surface area contributed by atoms with Crippen molar-refractivity contribution in [2.45, 2.75) is 0 Å². The zero-order chi connectivity index (χ0) is 30.5. The Bertz CT molecular complexity index is 1650. The van der Waals surface area contributed by atoms with Crippen LogP contribution >= 0.6 is 0 Å². The quantitative estimate of drug-likeness (QED) is 0.102. The van der Waals surface area contributed by atoms with Crippen LogP contribution < -0.4 is 14.2 Å². The van der Waals surface area contributed by atoms with Gasteiger partial charge in [-0.1, -0.05) is 62.4 Å². The second-order valence-electron chi connectivity index (χ2n) is 8.06. The lowest BCUT2D eigenvalue weighted by atomic mass is 10.0. The number of benzene rings is 3. The van der Waals surface area contributed by atoms with Gasteiger partial charge in [0.2, 0.25) is 0 Å². The fraction of sp³-hybridized carbons (Fsp3) is 0. The smallest absolute Gasteiger partial charge is 0.335 e.